The molecule has 0 fully saturated rings. The summed E-state index contributed by atoms with van der Waals surface area (Å²) in [4.78, 5) is 12.1. The third-order valence-corrected chi connectivity index (χ3v) is 4.27. The standard InChI is InChI=1S/C17H21NO2S/c1-2-13-3-5-16(6-4-13)17(20)18-10-15(11-19)9-14-7-8-21-12-14/h3-8,12,15,19H,2,9-11H2,1H3,(H,18,20)/t15-/m0/s1. The Labute approximate surface area is 129 Å². The average molecular weight is 303 g/mol. The Kier molecular flexibility index (Phi) is 5.96. The second-order valence-electron chi connectivity index (χ2n) is 5.14. The zero-order chi connectivity index (χ0) is 15.1. The van der Waals surface area contributed by atoms with Gasteiger partial charge in [-0.05, 0) is 52.9 Å². The number of aliphatic hydroxyl groups is 1. The number of benzene rings is 1. The lowest BCUT2D eigenvalue weighted by Gasteiger charge is -2.14. The zero-order valence-electron chi connectivity index (χ0n) is 12.2. The second-order valence-corrected chi connectivity index (χ2v) is 5.92. The van der Waals surface area contributed by atoms with Crippen LogP contribution in [0.25, 0.3) is 0 Å². The number of aryl methyl sites for hydroxylation is 1. The monoisotopic (exact) mass is 303 g/mol. The number of rotatable bonds is 7. The van der Waals surface area contributed by atoms with Gasteiger partial charge in [0, 0.05) is 24.6 Å². The molecule has 0 radical (unpaired) electrons. The number of carbonyl (C=O) groups is 1. The van der Waals surface area contributed by atoms with Crippen LogP contribution in [0, 0.1) is 5.92 Å². The molecule has 2 rings (SSSR count). The summed E-state index contributed by atoms with van der Waals surface area (Å²) in [5, 5.41) is 16.4. The Balaban J connectivity index is 1.86. The fraction of sp³-hybridized carbons (Fsp3) is 0.353. The van der Waals surface area contributed by atoms with Gasteiger partial charge in [-0.3, -0.25) is 4.79 Å². The number of thiophene rings is 1. The Morgan fingerprint density at radius 1 is 1.24 bits per heavy atom. The highest BCUT2D eigenvalue weighted by atomic mass is 32.1. The van der Waals surface area contributed by atoms with Crippen LogP contribution in [0.3, 0.4) is 0 Å². The molecule has 0 aliphatic heterocycles. The molecule has 1 aromatic heterocycles. The molecular weight excluding hydrogens is 282 g/mol. The van der Waals surface area contributed by atoms with Crippen LogP contribution in [0.4, 0.5) is 0 Å². The van der Waals surface area contributed by atoms with Gasteiger partial charge >= 0.3 is 0 Å². The second kappa shape index (κ2) is 7.96. The zero-order valence-corrected chi connectivity index (χ0v) is 13.0. The first-order valence-electron chi connectivity index (χ1n) is 7.22. The van der Waals surface area contributed by atoms with Gasteiger partial charge in [-0.2, -0.15) is 11.3 Å². The third kappa shape index (κ3) is 4.69. The highest BCUT2D eigenvalue weighted by Gasteiger charge is 2.12. The predicted octanol–water partition coefficient (Wildman–Crippen LogP) is 2.89. The van der Waals surface area contributed by atoms with Gasteiger partial charge in [-0.15, -0.1) is 0 Å². The van der Waals surface area contributed by atoms with Crippen LogP contribution in [0.1, 0.15) is 28.4 Å². The maximum absolute atomic E-state index is 12.1. The Bertz CT molecular complexity index is 549. The van der Waals surface area contributed by atoms with Crippen LogP contribution in [0.5, 0.6) is 0 Å². The van der Waals surface area contributed by atoms with Crippen LogP contribution in [0.2, 0.25) is 0 Å². The molecule has 0 bridgehead atoms. The van der Waals surface area contributed by atoms with Crippen molar-refractivity contribution in [3.05, 3.63) is 57.8 Å². The molecule has 1 atom stereocenters. The molecule has 0 aliphatic carbocycles. The molecule has 0 unspecified atom stereocenters. The maximum Gasteiger partial charge on any atom is 0.251 e. The van der Waals surface area contributed by atoms with Gasteiger partial charge in [-0.1, -0.05) is 19.1 Å². The van der Waals surface area contributed by atoms with E-state index in [0.717, 1.165) is 12.8 Å². The number of carbonyl (C=O) groups excluding carboxylic acids is 1. The molecule has 21 heavy (non-hydrogen) atoms. The summed E-state index contributed by atoms with van der Waals surface area (Å²) in [5.74, 6) is -0.0279. The molecule has 4 heteroatoms. The average Bonchev–Trinajstić information content (AvgIpc) is 3.04. The number of hydrogen-bond donors (Lipinski definition) is 2. The van der Waals surface area contributed by atoms with Gasteiger partial charge in [0.2, 0.25) is 0 Å². The van der Waals surface area contributed by atoms with Crippen molar-refractivity contribution in [3.63, 3.8) is 0 Å². The molecule has 2 N–H and O–H groups in total. The smallest absolute Gasteiger partial charge is 0.251 e. The van der Waals surface area contributed by atoms with Gasteiger partial charge in [0.15, 0.2) is 0 Å². The highest BCUT2D eigenvalue weighted by molar-refractivity contribution is 7.07. The lowest BCUT2D eigenvalue weighted by Crippen LogP contribution is -2.31. The van der Waals surface area contributed by atoms with E-state index >= 15 is 0 Å². The van der Waals surface area contributed by atoms with E-state index in [1.807, 2.05) is 29.6 Å². The first-order valence-corrected chi connectivity index (χ1v) is 8.16. The van der Waals surface area contributed by atoms with E-state index in [9.17, 15) is 9.90 Å². The normalized spacial score (nSPS) is 12.1. The Morgan fingerprint density at radius 2 is 2.00 bits per heavy atom. The molecule has 2 aromatic rings. The number of hydrogen-bond acceptors (Lipinski definition) is 3. The summed E-state index contributed by atoms with van der Waals surface area (Å²) in [6, 6.07) is 9.70. The van der Waals surface area contributed by atoms with Gasteiger partial charge in [-0.25, -0.2) is 0 Å². The number of aliphatic hydroxyl groups excluding tert-OH is 1. The van der Waals surface area contributed by atoms with E-state index in [1.165, 1.54) is 11.1 Å². The predicted molar refractivity (Wildman–Crippen MR) is 86.8 cm³/mol. The third-order valence-electron chi connectivity index (χ3n) is 3.54. The minimum Gasteiger partial charge on any atom is -0.396 e. The minimum absolute atomic E-state index is 0.0541. The molecule has 1 aromatic carbocycles. The molecular formula is C17H21NO2S. The first-order chi connectivity index (χ1) is 10.2. The van der Waals surface area contributed by atoms with Gasteiger partial charge in [0.05, 0.1) is 0 Å². The van der Waals surface area contributed by atoms with E-state index in [4.69, 9.17) is 0 Å². The van der Waals surface area contributed by atoms with E-state index < -0.39 is 0 Å². The molecule has 0 spiro atoms. The molecule has 3 nitrogen and oxygen atoms in total. The van der Waals surface area contributed by atoms with Gasteiger partial charge < -0.3 is 10.4 Å². The largest absolute Gasteiger partial charge is 0.396 e. The van der Waals surface area contributed by atoms with Crippen molar-refractivity contribution in [1.82, 2.24) is 5.32 Å². The van der Waals surface area contributed by atoms with Crippen LogP contribution < -0.4 is 5.32 Å². The fourth-order valence-corrected chi connectivity index (χ4v) is 2.86. The summed E-state index contributed by atoms with van der Waals surface area (Å²) in [6.45, 7) is 2.65. The maximum atomic E-state index is 12.1. The van der Waals surface area contributed by atoms with Crippen LogP contribution in [0.15, 0.2) is 41.1 Å². The molecule has 0 aliphatic rings. The van der Waals surface area contributed by atoms with Crippen molar-refractivity contribution >= 4 is 17.2 Å². The van der Waals surface area contributed by atoms with Gasteiger partial charge in [0.1, 0.15) is 0 Å². The lowest BCUT2D eigenvalue weighted by atomic mass is 10.0. The van der Waals surface area contributed by atoms with Crippen molar-refractivity contribution in [2.75, 3.05) is 13.2 Å². The van der Waals surface area contributed by atoms with Crippen molar-refractivity contribution in [1.29, 1.82) is 0 Å². The van der Waals surface area contributed by atoms with Gasteiger partial charge in [0.25, 0.3) is 5.91 Å². The molecule has 0 saturated heterocycles. The number of nitrogens with one attached hydrogen (secondary N) is 1. The summed E-state index contributed by atoms with van der Waals surface area (Å²) < 4.78 is 0. The van der Waals surface area contributed by atoms with E-state index in [0.29, 0.717) is 12.1 Å². The van der Waals surface area contributed by atoms with Crippen LogP contribution >= 0.6 is 11.3 Å². The topological polar surface area (TPSA) is 49.3 Å². The van der Waals surface area contributed by atoms with Crippen LogP contribution in [-0.2, 0) is 12.8 Å². The lowest BCUT2D eigenvalue weighted by molar-refractivity contribution is 0.0940. The summed E-state index contributed by atoms with van der Waals surface area (Å²) in [5.41, 5.74) is 3.09. The SMILES string of the molecule is CCc1ccc(C(=O)NC[C@@H](CO)Cc2ccsc2)cc1. The van der Waals surface area contributed by atoms with Crippen LogP contribution in [-0.4, -0.2) is 24.2 Å². The Hall–Kier alpha value is -1.65. The van der Waals surface area contributed by atoms with E-state index in [-0.39, 0.29) is 18.4 Å². The van der Waals surface area contributed by atoms with E-state index in [2.05, 4.69) is 23.7 Å². The first kappa shape index (κ1) is 15.7. The molecule has 112 valence electrons. The number of amides is 1. The molecule has 1 amide bonds. The van der Waals surface area contributed by atoms with Crippen molar-refractivity contribution in [2.24, 2.45) is 5.92 Å². The van der Waals surface area contributed by atoms with Crippen molar-refractivity contribution in [2.45, 2.75) is 19.8 Å². The van der Waals surface area contributed by atoms with E-state index in [1.54, 1.807) is 11.3 Å². The fourth-order valence-electron chi connectivity index (χ4n) is 2.17. The quantitative estimate of drug-likeness (QED) is 0.826. The summed E-state index contributed by atoms with van der Waals surface area (Å²) in [7, 11) is 0. The summed E-state index contributed by atoms with van der Waals surface area (Å²) in [6.07, 6.45) is 1.75. The summed E-state index contributed by atoms with van der Waals surface area (Å²) >= 11 is 1.65. The van der Waals surface area contributed by atoms with Crippen molar-refractivity contribution in [3.8, 4) is 0 Å². The highest BCUT2D eigenvalue weighted by Crippen LogP contribution is 2.12. The van der Waals surface area contributed by atoms with Crippen molar-refractivity contribution < 1.29 is 9.90 Å². The molecule has 1 heterocycles. The Morgan fingerprint density at radius 3 is 2.57 bits per heavy atom. The molecule has 0 saturated carbocycles. The minimum atomic E-state index is -0.0820.